The lowest BCUT2D eigenvalue weighted by Crippen LogP contribution is -2.52. The van der Waals surface area contributed by atoms with Crippen molar-refractivity contribution in [3.05, 3.63) is 36.4 Å². The Kier molecular flexibility index (Phi) is 10.2. The van der Waals surface area contributed by atoms with Crippen molar-refractivity contribution in [3.8, 4) is 11.5 Å². The first kappa shape index (κ1) is 23.7. The number of benzene rings is 1. The fourth-order valence-corrected chi connectivity index (χ4v) is 3.21. The molecule has 8 heteroatoms. The number of nitrogens with zero attached hydrogens (tertiary/aromatic N) is 2. The quantitative estimate of drug-likeness (QED) is 0.404. The predicted molar refractivity (Wildman–Crippen MR) is 115 cm³/mol. The van der Waals surface area contributed by atoms with Crippen LogP contribution in [0.3, 0.4) is 0 Å². The van der Waals surface area contributed by atoms with Crippen LogP contribution in [-0.2, 0) is 20.7 Å². The smallest absolute Gasteiger partial charge is 0.260 e. The van der Waals surface area contributed by atoms with Crippen LogP contribution >= 0.6 is 0 Å². The molecule has 1 saturated heterocycles. The molecule has 2 amide bonds. The van der Waals surface area contributed by atoms with Crippen molar-refractivity contribution in [2.75, 3.05) is 66.7 Å². The van der Waals surface area contributed by atoms with Gasteiger partial charge in [0.2, 0.25) is 5.91 Å². The Morgan fingerprint density at radius 3 is 2.60 bits per heavy atom. The first-order valence-electron chi connectivity index (χ1n) is 10.2. The second-order valence-corrected chi connectivity index (χ2v) is 7.12. The number of amides is 2. The standard InChI is InChI=1S/C22H33N3O5/c1-4-6-18-7-8-19(20(15-18)29-3)30-17-22(27)25-12-10-24(11-13-25)16-21(26)23-9-5-14-28-2/h4,7-8,15H,1,5-6,9-14,16-17H2,2-3H3,(H,23,26). The Hall–Kier alpha value is -2.58. The molecular weight excluding hydrogens is 386 g/mol. The number of nitrogens with one attached hydrogen (secondary N) is 1. The van der Waals surface area contributed by atoms with Crippen molar-refractivity contribution in [2.24, 2.45) is 0 Å². The van der Waals surface area contributed by atoms with Crippen molar-refractivity contribution >= 4 is 11.8 Å². The highest BCUT2D eigenvalue weighted by molar-refractivity contribution is 5.79. The Balaban J connectivity index is 1.73. The Bertz CT molecular complexity index is 702. The maximum atomic E-state index is 12.5. The van der Waals surface area contributed by atoms with Gasteiger partial charge in [-0.1, -0.05) is 12.1 Å². The first-order chi connectivity index (χ1) is 14.6. The number of methoxy groups -OCH3 is 2. The van der Waals surface area contributed by atoms with Crippen molar-refractivity contribution in [1.29, 1.82) is 0 Å². The minimum atomic E-state index is -0.0733. The van der Waals surface area contributed by atoms with E-state index in [1.807, 2.05) is 24.3 Å². The second-order valence-electron chi connectivity index (χ2n) is 7.12. The molecule has 0 radical (unpaired) electrons. The lowest BCUT2D eigenvalue weighted by molar-refractivity contribution is -0.135. The Labute approximate surface area is 178 Å². The van der Waals surface area contributed by atoms with E-state index in [-0.39, 0.29) is 18.4 Å². The summed E-state index contributed by atoms with van der Waals surface area (Å²) < 4.78 is 16.0. The van der Waals surface area contributed by atoms with Crippen LogP contribution in [0, 0.1) is 0 Å². The molecule has 2 rings (SSSR count). The number of piperazine rings is 1. The highest BCUT2D eigenvalue weighted by Gasteiger charge is 2.23. The number of rotatable bonds is 12. The fourth-order valence-electron chi connectivity index (χ4n) is 3.21. The van der Waals surface area contributed by atoms with E-state index in [1.165, 1.54) is 0 Å². The van der Waals surface area contributed by atoms with Gasteiger partial charge in [0, 0.05) is 46.4 Å². The third kappa shape index (κ3) is 7.68. The molecule has 1 aromatic carbocycles. The normalized spacial score (nSPS) is 14.3. The molecule has 0 atom stereocenters. The van der Waals surface area contributed by atoms with E-state index in [2.05, 4.69) is 16.8 Å². The van der Waals surface area contributed by atoms with E-state index in [1.54, 1.807) is 19.1 Å². The summed E-state index contributed by atoms with van der Waals surface area (Å²) in [5.41, 5.74) is 1.07. The molecule has 1 N–H and O–H groups in total. The monoisotopic (exact) mass is 419 g/mol. The molecule has 1 aromatic rings. The molecule has 0 spiro atoms. The Morgan fingerprint density at radius 1 is 1.17 bits per heavy atom. The Morgan fingerprint density at radius 2 is 1.93 bits per heavy atom. The minimum Gasteiger partial charge on any atom is -0.493 e. The number of carbonyl (C=O) groups is 2. The topological polar surface area (TPSA) is 80.3 Å². The zero-order valence-corrected chi connectivity index (χ0v) is 18.0. The molecule has 0 bridgehead atoms. The molecule has 30 heavy (non-hydrogen) atoms. The molecule has 1 aliphatic heterocycles. The largest absolute Gasteiger partial charge is 0.493 e. The molecule has 0 saturated carbocycles. The maximum Gasteiger partial charge on any atom is 0.260 e. The molecule has 0 aromatic heterocycles. The summed E-state index contributed by atoms with van der Waals surface area (Å²) in [6, 6.07) is 5.64. The lowest BCUT2D eigenvalue weighted by atomic mass is 10.1. The van der Waals surface area contributed by atoms with Crippen LogP contribution in [0.1, 0.15) is 12.0 Å². The van der Waals surface area contributed by atoms with Gasteiger partial charge >= 0.3 is 0 Å². The van der Waals surface area contributed by atoms with Gasteiger partial charge in [0.15, 0.2) is 18.1 Å². The van der Waals surface area contributed by atoms with Crippen molar-refractivity contribution < 1.29 is 23.8 Å². The van der Waals surface area contributed by atoms with Gasteiger partial charge in [0.05, 0.1) is 13.7 Å². The van der Waals surface area contributed by atoms with Crippen LogP contribution in [0.5, 0.6) is 11.5 Å². The average molecular weight is 420 g/mol. The average Bonchev–Trinajstić information content (AvgIpc) is 2.76. The van der Waals surface area contributed by atoms with E-state index in [0.717, 1.165) is 18.4 Å². The summed E-state index contributed by atoms with van der Waals surface area (Å²) in [7, 11) is 3.22. The minimum absolute atomic E-state index is 0.00112. The fraction of sp³-hybridized carbons (Fsp3) is 0.545. The third-order valence-electron chi connectivity index (χ3n) is 4.90. The summed E-state index contributed by atoms with van der Waals surface area (Å²) in [6.07, 6.45) is 3.36. The third-order valence-corrected chi connectivity index (χ3v) is 4.90. The summed E-state index contributed by atoms with van der Waals surface area (Å²) in [5, 5.41) is 2.88. The predicted octanol–water partition coefficient (Wildman–Crippen LogP) is 1.10. The molecular formula is C22H33N3O5. The molecule has 166 valence electrons. The molecule has 0 unspecified atom stereocenters. The van der Waals surface area contributed by atoms with Gasteiger partial charge < -0.3 is 24.4 Å². The maximum absolute atomic E-state index is 12.5. The van der Waals surface area contributed by atoms with Crippen molar-refractivity contribution in [1.82, 2.24) is 15.1 Å². The lowest BCUT2D eigenvalue weighted by Gasteiger charge is -2.34. The molecule has 1 heterocycles. The highest BCUT2D eigenvalue weighted by Crippen LogP contribution is 2.28. The van der Waals surface area contributed by atoms with E-state index in [9.17, 15) is 9.59 Å². The van der Waals surface area contributed by atoms with E-state index >= 15 is 0 Å². The van der Waals surface area contributed by atoms with Gasteiger partial charge in [-0.15, -0.1) is 6.58 Å². The van der Waals surface area contributed by atoms with Gasteiger partial charge in [-0.25, -0.2) is 0 Å². The van der Waals surface area contributed by atoms with Crippen LogP contribution in [0.4, 0.5) is 0 Å². The zero-order chi connectivity index (χ0) is 21.8. The summed E-state index contributed by atoms with van der Waals surface area (Å²) in [5.74, 6) is 1.07. The number of hydrogen-bond acceptors (Lipinski definition) is 6. The highest BCUT2D eigenvalue weighted by atomic mass is 16.5. The molecule has 8 nitrogen and oxygen atoms in total. The van der Waals surface area contributed by atoms with Crippen LogP contribution in [0.25, 0.3) is 0 Å². The van der Waals surface area contributed by atoms with Crippen LogP contribution in [-0.4, -0.2) is 88.3 Å². The van der Waals surface area contributed by atoms with E-state index in [4.69, 9.17) is 14.2 Å². The van der Waals surface area contributed by atoms with Gasteiger partial charge in [-0.3, -0.25) is 14.5 Å². The van der Waals surface area contributed by atoms with E-state index in [0.29, 0.717) is 57.4 Å². The van der Waals surface area contributed by atoms with Crippen LogP contribution < -0.4 is 14.8 Å². The summed E-state index contributed by atoms with van der Waals surface area (Å²) in [4.78, 5) is 28.3. The number of carbonyl (C=O) groups excluding carboxylic acids is 2. The summed E-state index contributed by atoms with van der Waals surface area (Å²) in [6.45, 7) is 7.76. The number of hydrogen-bond donors (Lipinski definition) is 1. The van der Waals surface area contributed by atoms with Gasteiger partial charge in [0.25, 0.3) is 5.91 Å². The summed E-state index contributed by atoms with van der Waals surface area (Å²) >= 11 is 0. The number of ether oxygens (including phenoxy) is 3. The molecule has 1 aliphatic rings. The van der Waals surface area contributed by atoms with E-state index < -0.39 is 0 Å². The van der Waals surface area contributed by atoms with Gasteiger partial charge in [0.1, 0.15) is 0 Å². The van der Waals surface area contributed by atoms with Crippen LogP contribution in [0.2, 0.25) is 0 Å². The second kappa shape index (κ2) is 12.9. The van der Waals surface area contributed by atoms with Crippen molar-refractivity contribution in [3.63, 3.8) is 0 Å². The molecule has 1 fully saturated rings. The van der Waals surface area contributed by atoms with Crippen LogP contribution in [0.15, 0.2) is 30.9 Å². The van der Waals surface area contributed by atoms with Gasteiger partial charge in [-0.2, -0.15) is 0 Å². The number of allylic oxidation sites excluding steroid dienone is 1. The SMILES string of the molecule is C=CCc1ccc(OCC(=O)N2CCN(CC(=O)NCCCOC)CC2)c(OC)c1. The zero-order valence-electron chi connectivity index (χ0n) is 18.0. The first-order valence-corrected chi connectivity index (χ1v) is 10.2. The molecule has 0 aliphatic carbocycles. The van der Waals surface area contributed by atoms with Gasteiger partial charge in [-0.05, 0) is 30.5 Å². The van der Waals surface area contributed by atoms with Crippen molar-refractivity contribution in [2.45, 2.75) is 12.8 Å².